The van der Waals surface area contributed by atoms with Crippen molar-refractivity contribution in [1.29, 1.82) is 0 Å². The molecule has 1 atom stereocenters. The first-order valence-corrected chi connectivity index (χ1v) is 19.9. The summed E-state index contributed by atoms with van der Waals surface area (Å²) in [7, 11) is 0. The Hall–Kier alpha value is -5.63. The highest BCUT2D eigenvalue weighted by atomic mass is 35.5. The molecular formula is C40H40ClF3N10O6. The van der Waals surface area contributed by atoms with Crippen LogP contribution in [0.15, 0.2) is 53.6 Å². The lowest BCUT2D eigenvalue weighted by molar-refractivity contribution is -0.137. The second kappa shape index (κ2) is 15.1. The fraction of sp³-hybridized carbons (Fsp3) is 0.425. The van der Waals surface area contributed by atoms with Gasteiger partial charge in [-0.1, -0.05) is 11.6 Å². The van der Waals surface area contributed by atoms with Gasteiger partial charge in [-0.2, -0.15) is 22.7 Å². The number of rotatable bonds is 7. The summed E-state index contributed by atoms with van der Waals surface area (Å²) in [6.45, 7) is 8.33. The molecular weight excluding hydrogens is 809 g/mol. The van der Waals surface area contributed by atoms with Crippen molar-refractivity contribution in [2.45, 2.75) is 57.2 Å². The molecule has 0 bridgehead atoms. The zero-order chi connectivity index (χ0) is 42.1. The summed E-state index contributed by atoms with van der Waals surface area (Å²) < 4.78 is 54.7. The molecule has 4 aliphatic rings. The van der Waals surface area contributed by atoms with E-state index in [1.54, 1.807) is 18.4 Å². The number of likely N-dealkylation sites (tertiary alicyclic amines) is 1. The van der Waals surface area contributed by atoms with Crippen LogP contribution >= 0.6 is 11.6 Å². The molecule has 314 valence electrons. The summed E-state index contributed by atoms with van der Waals surface area (Å²) in [6.07, 6.45) is -3.77. The number of nitrogens with zero attached hydrogens (tertiary/aromatic N) is 9. The molecule has 5 aromatic rings. The maximum atomic E-state index is 14.7. The lowest BCUT2D eigenvalue weighted by Gasteiger charge is -2.43. The fourth-order valence-corrected chi connectivity index (χ4v) is 8.82. The number of ether oxygens (including phenoxy) is 2. The molecule has 2 amide bonds. The summed E-state index contributed by atoms with van der Waals surface area (Å²) in [5, 5.41) is 17.5. The van der Waals surface area contributed by atoms with Gasteiger partial charge in [-0.15, -0.1) is 5.10 Å². The molecule has 4 aliphatic heterocycles. The van der Waals surface area contributed by atoms with Crippen LogP contribution in [0.2, 0.25) is 5.02 Å². The molecule has 2 N–H and O–H groups in total. The van der Waals surface area contributed by atoms with Crippen LogP contribution in [0.3, 0.4) is 0 Å². The van der Waals surface area contributed by atoms with Crippen LogP contribution in [0, 0.1) is 6.92 Å². The number of aromatic hydroxyl groups is 1. The van der Waals surface area contributed by atoms with Gasteiger partial charge in [0.2, 0.25) is 11.7 Å². The Morgan fingerprint density at radius 3 is 2.38 bits per heavy atom. The largest absolute Gasteiger partial charge is 0.504 e. The van der Waals surface area contributed by atoms with Crippen molar-refractivity contribution >= 4 is 40.6 Å². The van der Waals surface area contributed by atoms with Gasteiger partial charge in [0, 0.05) is 50.5 Å². The standard InChI is InChI=1S/C40H40ClF3N10O6/c1-22-34(56)32(46-21-45-22)37(58)52-11-9-39(10-12-52)31-33(23(2)60-39)53(18-30(55)47-29-8-5-25(17-28(29)41)40(42,43)44)38-48-35(49-54(38)36(31)57)24-3-6-26(7-4-24)50-13-15-51(16-14-50)27-19-59-20-27/h3-8,17,21,23,27,56H,9-16,18-20H2,1-2H3,(H,47,55)/t23-/m1/s1. The number of aromatic nitrogens is 6. The van der Waals surface area contributed by atoms with E-state index in [0.717, 1.165) is 67.8 Å². The molecule has 0 radical (unpaired) electrons. The van der Waals surface area contributed by atoms with Crippen molar-refractivity contribution in [3.05, 3.63) is 92.4 Å². The highest BCUT2D eigenvalue weighted by molar-refractivity contribution is 6.33. The van der Waals surface area contributed by atoms with Gasteiger partial charge in [0.1, 0.15) is 18.5 Å². The van der Waals surface area contributed by atoms with Crippen molar-refractivity contribution in [2.75, 3.05) is 62.7 Å². The van der Waals surface area contributed by atoms with E-state index in [4.69, 9.17) is 26.1 Å². The first-order valence-electron chi connectivity index (χ1n) is 19.6. The first kappa shape index (κ1) is 39.8. The molecule has 3 saturated heterocycles. The van der Waals surface area contributed by atoms with Gasteiger partial charge >= 0.3 is 6.18 Å². The molecule has 7 heterocycles. The Morgan fingerprint density at radius 1 is 1.02 bits per heavy atom. The summed E-state index contributed by atoms with van der Waals surface area (Å²) in [4.78, 5) is 60.9. The smallest absolute Gasteiger partial charge is 0.416 e. The summed E-state index contributed by atoms with van der Waals surface area (Å²) in [6, 6.07) is 10.9. The van der Waals surface area contributed by atoms with E-state index >= 15 is 0 Å². The van der Waals surface area contributed by atoms with Gasteiger partial charge in [-0.3, -0.25) is 19.3 Å². The average Bonchev–Trinajstić information content (AvgIpc) is 3.78. The van der Waals surface area contributed by atoms with E-state index in [1.807, 2.05) is 24.3 Å². The number of aryl methyl sites for hydroxylation is 1. The third-order valence-corrected chi connectivity index (χ3v) is 12.2. The Kier molecular flexibility index (Phi) is 10.0. The van der Waals surface area contributed by atoms with Crippen molar-refractivity contribution in [3.8, 4) is 17.1 Å². The van der Waals surface area contributed by atoms with Gasteiger partial charge in [0.05, 0.1) is 58.6 Å². The first-order chi connectivity index (χ1) is 28.7. The zero-order valence-electron chi connectivity index (χ0n) is 32.6. The Balaban J connectivity index is 1.05. The highest BCUT2D eigenvalue weighted by Gasteiger charge is 2.51. The van der Waals surface area contributed by atoms with E-state index in [1.165, 1.54) is 11.2 Å². The van der Waals surface area contributed by atoms with Gasteiger partial charge < -0.3 is 34.3 Å². The van der Waals surface area contributed by atoms with Gasteiger partial charge in [0.25, 0.3) is 11.5 Å². The van der Waals surface area contributed by atoms with Crippen molar-refractivity contribution in [1.82, 2.24) is 38.9 Å². The minimum atomic E-state index is -4.63. The van der Waals surface area contributed by atoms with Crippen LogP contribution in [-0.4, -0.2) is 114 Å². The molecule has 16 nitrogen and oxygen atoms in total. The quantitative estimate of drug-likeness (QED) is 0.237. The van der Waals surface area contributed by atoms with Crippen LogP contribution in [-0.2, 0) is 32.6 Å². The third kappa shape index (κ3) is 7.01. The zero-order valence-corrected chi connectivity index (χ0v) is 33.3. The molecule has 2 aromatic carbocycles. The molecule has 3 aromatic heterocycles. The third-order valence-electron chi connectivity index (χ3n) is 11.9. The summed E-state index contributed by atoms with van der Waals surface area (Å²) in [5.41, 5.74) is -0.249. The molecule has 60 heavy (non-hydrogen) atoms. The molecule has 0 unspecified atom stereocenters. The van der Waals surface area contributed by atoms with Crippen LogP contribution in [0.5, 0.6) is 5.75 Å². The predicted octanol–water partition coefficient (Wildman–Crippen LogP) is 4.42. The number of piperidine rings is 1. The van der Waals surface area contributed by atoms with Crippen molar-refractivity contribution in [3.63, 3.8) is 0 Å². The lowest BCUT2D eigenvalue weighted by Crippen LogP contribution is -2.56. The lowest BCUT2D eigenvalue weighted by atomic mass is 9.85. The van der Waals surface area contributed by atoms with Gasteiger partial charge in [0.15, 0.2) is 17.3 Å². The second-order valence-electron chi connectivity index (χ2n) is 15.5. The number of benzene rings is 2. The maximum Gasteiger partial charge on any atom is 0.416 e. The van der Waals surface area contributed by atoms with Gasteiger partial charge in [-0.25, -0.2) is 9.97 Å². The molecule has 9 rings (SSSR count). The van der Waals surface area contributed by atoms with E-state index in [-0.39, 0.29) is 70.9 Å². The number of piperazine rings is 1. The number of fused-ring (bicyclic) bond motifs is 3. The highest BCUT2D eigenvalue weighted by Crippen LogP contribution is 2.48. The van der Waals surface area contributed by atoms with Crippen molar-refractivity contribution < 1.29 is 37.3 Å². The van der Waals surface area contributed by atoms with Crippen LogP contribution in [0.4, 0.5) is 24.5 Å². The number of nitrogens with one attached hydrogen (secondary N) is 1. The van der Waals surface area contributed by atoms with E-state index in [9.17, 15) is 32.7 Å². The predicted molar refractivity (Wildman–Crippen MR) is 211 cm³/mol. The number of hydrogen-bond donors (Lipinski definition) is 2. The van der Waals surface area contributed by atoms with E-state index in [2.05, 4.69) is 30.2 Å². The number of halogens is 4. The Morgan fingerprint density at radius 2 is 1.73 bits per heavy atom. The van der Waals surface area contributed by atoms with Crippen LogP contribution in [0.1, 0.15) is 58.9 Å². The minimum Gasteiger partial charge on any atom is -0.504 e. The molecule has 0 saturated carbocycles. The summed E-state index contributed by atoms with van der Waals surface area (Å²) >= 11 is 6.19. The number of anilines is 2. The SMILES string of the molecule is Cc1ncnc(C(=O)N2CCC3(CC2)O[C@H](C)c2c3c(=O)n3nc(-c4ccc(N5CCN(C6COC6)CC5)cc4)nc3n2CC(=O)Nc2ccc(C(F)(F)F)cc2Cl)c1O. The normalized spacial score (nSPS) is 19.5. The number of alkyl halides is 3. The Bertz CT molecular complexity index is 2560. The van der Waals surface area contributed by atoms with Crippen molar-refractivity contribution in [2.24, 2.45) is 0 Å². The number of hydrogen-bond acceptors (Lipinski definition) is 12. The number of amides is 2. The van der Waals surface area contributed by atoms with Crippen LogP contribution < -0.4 is 15.8 Å². The Labute approximate surface area is 345 Å². The number of carbonyl (C=O) groups excluding carboxylic acids is 2. The fourth-order valence-electron chi connectivity index (χ4n) is 8.59. The molecule has 3 fully saturated rings. The molecule has 1 spiro atoms. The molecule has 0 aliphatic carbocycles. The topological polar surface area (TPSA) is 173 Å². The van der Waals surface area contributed by atoms with Gasteiger partial charge in [-0.05, 0) is 69.2 Å². The minimum absolute atomic E-state index is 0.0354. The second-order valence-corrected chi connectivity index (χ2v) is 15.9. The van der Waals surface area contributed by atoms with Crippen LogP contribution in [0.25, 0.3) is 17.2 Å². The maximum absolute atomic E-state index is 14.7. The molecule has 20 heteroatoms. The van der Waals surface area contributed by atoms with E-state index in [0.29, 0.717) is 17.3 Å². The average molecular weight is 849 g/mol. The monoisotopic (exact) mass is 848 g/mol. The van der Waals surface area contributed by atoms with E-state index < -0.39 is 47.4 Å². The number of carbonyl (C=O) groups is 2. The summed E-state index contributed by atoms with van der Waals surface area (Å²) in [5.74, 6) is -1.17.